The molecular weight excluding hydrogens is 472 g/mol. The molecule has 0 aliphatic heterocycles. The van der Waals surface area contributed by atoms with E-state index >= 15 is 0 Å². The molecule has 9 unspecified atom stereocenters. The summed E-state index contributed by atoms with van der Waals surface area (Å²) in [7, 11) is 1.00. The third-order valence-corrected chi connectivity index (χ3v) is 12.7. The van der Waals surface area contributed by atoms with Gasteiger partial charge in [0.2, 0.25) is 0 Å². The number of esters is 1. The second-order valence-corrected chi connectivity index (χ2v) is 13.7. The second-order valence-electron chi connectivity index (χ2n) is 13.7. The predicted octanol–water partition coefficient (Wildman–Crippen LogP) is 8.20. The van der Waals surface area contributed by atoms with Crippen molar-refractivity contribution in [1.82, 2.24) is 0 Å². The average Bonchev–Trinajstić information content (AvgIpc) is 3.33. The summed E-state index contributed by atoms with van der Waals surface area (Å²) in [6.07, 6.45) is 15.7. The van der Waals surface area contributed by atoms with Crippen LogP contribution in [0.15, 0.2) is 12.7 Å². The maximum atomic E-state index is 11.6. The molecular formula is C34H62O4. The summed E-state index contributed by atoms with van der Waals surface area (Å²) in [5.41, 5.74) is 1.45. The summed E-state index contributed by atoms with van der Waals surface area (Å²) in [4.78, 5) is 11.6. The van der Waals surface area contributed by atoms with Gasteiger partial charge < -0.3 is 14.9 Å². The first-order valence-electron chi connectivity index (χ1n) is 15.8. The first-order valence-corrected chi connectivity index (χ1v) is 15.8. The van der Waals surface area contributed by atoms with Gasteiger partial charge in [0.1, 0.15) is 0 Å². The van der Waals surface area contributed by atoms with Crippen LogP contribution in [0.5, 0.6) is 0 Å². The standard InChI is InChI=1S/C28H46O3.C3H6.C2H6.CH4O/c1-18-20-10-14-27(5)24(25(20,3)13-11-23(18)30)9-8-21-22-7-6-12-28(22,17-31-19(2)29)16-15-26(21,27)4;1-3-2;2*1-2/h18,20-24,30H,6-17H2,1-5H3;3H,1H2,2H3;1-2H3;2H,1H3/t18?,20?,21?,22?,23?,24?,25?,26-,27?,28?;;;/m1.../s1. The van der Waals surface area contributed by atoms with Gasteiger partial charge in [0.25, 0.3) is 0 Å². The van der Waals surface area contributed by atoms with Gasteiger partial charge in [-0.05, 0) is 117 Å². The number of hydrogen-bond acceptors (Lipinski definition) is 4. The van der Waals surface area contributed by atoms with Crippen molar-refractivity contribution in [2.75, 3.05) is 13.7 Å². The van der Waals surface area contributed by atoms with E-state index in [0.29, 0.717) is 34.7 Å². The summed E-state index contributed by atoms with van der Waals surface area (Å²) >= 11 is 0. The van der Waals surface area contributed by atoms with Gasteiger partial charge in [-0.15, -0.1) is 6.58 Å². The lowest BCUT2D eigenvalue weighted by molar-refractivity contribution is -0.236. The fraction of sp³-hybridized carbons (Fsp3) is 0.912. The molecule has 0 aromatic heterocycles. The number of aliphatic hydroxyl groups is 2. The summed E-state index contributed by atoms with van der Waals surface area (Å²) in [5, 5.41) is 17.6. The number of aliphatic hydroxyl groups excluding tert-OH is 2. The van der Waals surface area contributed by atoms with Crippen LogP contribution in [-0.2, 0) is 9.53 Å². The zero-order valence-corrected chi connectivity index (χ0v) is 26.4. The van der Waals surface area contributed by atoms with E-state index in [-0.39, 0.29) is 17.5 Å². The number of carbonyl (C=O) groups excluding carboxylic acids is 1. The van der Waals surface area contributed by atoms with Crippen LogP contribution in [0.25, 0.3) is 0 Å². The summed E-state index contributed by atoms with van der Waals surface area (Å²) < 4.78 is 5.68. The Morgan fingerprint density at radius 2 is 1.53 bits per heavy atom. The van der Waals surface area contributed by atoms with Crippen molar-refractivity contribution in [2.24, 2.45) is 51.2 Å². The van der Waals surface area contributed by atoms with Crippen LogP contribution in [0.4, 0.5) is 0 Å². The molecule has 0 amide bonds. The molecule has 0 heterocycles. The third kappa shape index (κ3) is 5.39. The van der Waals surface area contributed by atoms with Crippen molar-refractivity contribution in [1.29, 1.82) is 0 Å². The van der Waals surface area contributed by atoms with Crippen molar-refractivity contribution in [3.05, 3.63) is 12.7 Å². The minimum absolute atomic E-state index is 0.0931. The molecule has 0 radical (unpaired) electrons. The lowest BCUT2D eigenvalue weighted by atomic mass is 9.33. The molecule has 2 N–H and O–H groups in total. The highest BCUT2D eigenvalue weighted by molar-refractivity contribution is 5.65. The first-order chi connectivity index (χ1) is 18.0. The number of fused-ring (bicyclic) bond motifs is 7. The molecule has 0 spiro atoms. The Bertz CT molecular complexity index is 780. The van der Waals surface area contributed by atoms with Gasteiger partial charge in [-0.2, -0.15) is 0 Å². The molecule has 0 saturated heterocycles. The zero-order valence-electron chi connectivity index (χ0n) is 26.4. The van der Waals surface area contributed by atoms with Gasteiger partial charge in [0.05, 0.1) is 12.7 Å². The van der Waals surface area contributed by atoms with E-state index in [9.17, 15) is 9.90 Å². The second kappa shape index (κ2) is 13.2. The van der Waals surface area contributed by atoms with E-state index in [1.54, 1.807) is 13.0 Å². The molecule has 38 heavy (non-hydrogen) atoms. The molecule has 5 aliphatic carbocycles. The Hall–Kier alpha value is -0.870. The van der Waals surface area contributed by atoms with Crippen LogP contribution >= 0.6 is 0 Å². The molecule has 5 saturated carbocycles. The number of allylic oxidation sites excluding steroid dienone is 1. The lowest BCUT2D eigenvalue weighted by Crippen LogP contribution is -2.65. The van der Waals surface area contributed by atoms with Gasteiger partial charge in [-0.3, -0.25) is 4.79 Å². The fourth-order valence-corrected chi connectivity index (χ4v) is 10.8. The Morgan fingerprint density at radius 3 is 2.13 bits per heavy atom. The topological polar surface area (TPSA) is 66.8 Å². The molecule has 10 atom stereocenters. The Kier molecular flexibility index (Phi) is 11.6. The summed E-state index contributed by atoms with van der Waals surface area (Å²) in [6, 6.07) is 0. The van der Waals surface area contributed by atoms with E-state index in [0.717, 1.165) is 31.3 Å². The van der Waals surface area contributed by atoms with Crippen molar-refractivity contribution in [2.45, 2.75) is 132 Å². The van der Waals surface area contributed by atoms with Gasteiger partial charge >= 0.3 is 5.97 Å². The smallest absolute Gasteiger partial charge is 0.302 e. The minimum atomic E-state index is -0.108. The largest absolute Gasteiger partial charge is 0.465 e. The van der Waals surface area contributed by atoms with E-state index in [1.165, 1.54) is 64.2 Å². The molecule has 4 nitrogen and oxygen atoms in total. The van der Waals surface area contributed by atoms with Crippen LogP contribution in [0, 0.1) is 51.2 Å². The monoisotopic (exact) mass is 534 g/mol. The van der Waals surface area contributed by atoms with Crippen molar-refractivity contribution in [3.8, 4) is 0 Å². The number of carbonyl (C=O) groups is 1. The van der Waals surface area contributed by atoms with Crippen LogP contribution in [0.1, 0.15) is 126 Å². The molecule has 0 aromatic carbocycles. The minimum Gasteiger partial charge on any atom is -0.465 e. The van der Waals surface area contributed by atoms with Crippen molar-refractivity contribution < 1.29 is 19.7 Å². The number of rotatable bonds is 2. The molecule has 0 bridgehead atoms. The fourth-order valence-electron chi connectivity index (χ4n) is 10.8. The predicted molar refractivity (Wildman–Crippen MR) is 159 cm³/mol. The molecule has 0 aromatic rings. The summed E-state index contributed by atoms with van der Waals surface area (Å²) in [6.45, 7) is 21.8. The van der Waals surface area contributed by atoms with Crippen LogP contribution < -0.4 is 0 Å². The molecule has 4 heteroatoms. The molecule has 222 valence electrons. The molecule has 5 rings (SSSR count). The Morgan fingerprint density at radius 1 is 0.895 bits per heavy atom. The van der Waals surface area contributed by atoms with Gasteiger partial charge in [0, 0.05) is 19.4 Å². The highest BCUT2D eigenvalue weighted by atomic mass is 16.5. The maximum Gasteiger partial charge on any atom is 0.302 e. The SMILES string of the molecule is C=CC.CC.CC(=O)OCC12CCCC1C1CCC3C4(C)CCC(O)C(C)C4CCC3(C)[C@]1(C)CC2.CO. The zero-order chi connectivity index (χ0) is 28.9. The van der Waals surface area contributed by atoms with E-state index in [1.807, 2.05) is 20.8 Å². The van der Waals surface area contributed by atoms with E-state index < -0.39 is 0 Å². The lowest BCUT2D eigenvalue weighted by Gasteiger charge is -2.71. The van der Waals surface area contributed by atoms with Crippen LogP contribution in [0.2, 0.25) is 0 Å². The quantitative estimate of drug-likeness (QED) is 0.277. The average molecular weight is 535 g/mol. The number of ether oxygens (including phenoxy) is 1. The number of hydrogen-bond donors (Lipinski definition) is 2. The first kappa shape index (κ1) is 33.3. The van der Waals surface area contributed by atoms with E-state index in [4.69, 9.17) is 9.84 Å². The normalized spacial score (nSPS) is 46.4. The van der Waals surface area contributed by atoms with E-state index in [2.05, 4.69) is 34.3 Å². The van der Waals surface area contributed by atoms with Gasteiger partial charge in [0.15, 0.2) is 0 Å². The highest BCUT2D eigenvalue weighted by Gasteiger charge is 2.68. The maximum absolute atomic E-state index is 11.6. The van der Waals surface area contributed by atoms with Gasteiger partial charge in [-0.1, -0.05) is 54.0 Å². The van der Waals surface area contributed by atoms with Crippen molar-refractivity contribution >= 4 is 5.97 Å². The van der Waals surface area contributed by atoms with Crippen LogP contribution in [0.3, 0.4) is 0 Å². The van der Waals surface area contributed by atoms with Crippen LogP contribution in [-0.4, -0.2) is 36.0 Å². The Balaban J connectivity index is 0.000000665. The third-order valence-electron chi connectivity index (χ3n) is 12.7. The van der Waals surface area contributed by atoms with Crippen molar-refractivity contribution in [3.63, 3.8) is 0 Å². The molecule has 5 fully saturated rings. The summed E-state index contributed by atoms with van der Waals surface area (Å²) in [5.74, 6) is 3.34. The molecule has 5 aliphatic rings. The van der Waals surface area contributed by atoms with Gasteiger partial charge in [-0.25, -0.2) is 0 Å². The highest BCUT2D eigenvalue weighted by Crippen LogP contribution is 2.75. The Labute approximate surface area is 235 Å².